The summed E-state index contributed by atoms with van der Waals surface area (Å²) in [5.74, 6) is -0.841. The molecule has 5 nitrogen and oxygen atoms in total. The first kappa shape index (κ1) is 17.4. The third-order valence-corrected chi connectivity index (χ3v) is 3.89. The molecule has 1 heterocycles. The molecule has 0 saturated carbocycles. The van der Waals surface area contributed by atoms with Crippen LogP contribution in [0.2, 0.25) is 0 Å². The molecule has 2 unspecified atom stereocenters. The Kier molecular flexibility index (Phi) is 5.70. The van der Waals surface area contributed by atoms with Crippen LogP contribution in [-0.2, 0) is 11.2 Å². The molecule has 118 valence electrons. The number of aryl methyl sites for hydroxylation is 1. The molecular formula is C16H26N2O3. The molecule has 0 aromatic carbocycles. The van der Waals surface area contributed by atoms with Crippen molar-refractivity contribution in [2.75, 3.05) is 0 Å². The fraction of sp³-hybridized carbons (Fsp3) is 0.688. The Labute approximate surface area is 126 Å². The molecule has 0 fully saturated rings. The van der Waals surface area contributed by atoms with E-state index in [2.05, 4.69) is 18.8 Å². The molecule has 1 rings (SSSR count). The summed E-state index contributed by atoms with van der Waals surface area (Å²) in [7, 11) is 0. The lowest BCUT2D eigenvalue weighted by molar-refractivity contribution is -0.141. The van der Waals surface area contributed by atoms with Gasteiger partial charge in [-0.1, -0.05) is 20.8 Å². The molecule has 0 amide bonds. The van der Waals surface area contributed by atoms with Crippen LogP contribution in [-0.4, -0.2) is 20.6 Å². The fourth-order valence-corrected chi connectivity index (χ4v) is 2.81. The predicted octanol–water partition coefficient (Wildman–Crippen LogP) is 2.73. The largest absolute Gasteiger partial charge is 0.481 e. The van der Waals surface area contributed by atoms with Gasteiger partial charge in [-0.3, -0.25) is 9.36 Å². The predicted molar refractivity (Wildman–Crippen MR) is 82.6 cm³/mol. The van der Waals surface area contributed by atoms with Gasteiger partial charge in [0.2, 0.25) is 0 Å². The van der Waals surface area contributed by atoms with E-state index in [0.29, 0.717) is 18.0 Å². The van der Waals surface area contributed by atoms with Crippen molar-refractivity contribution >= 4 is 5.97 Å². The van der Waals surface area contributed by atoms with E-state index >= 15 is 0 Å². The zero-order chi connectivity index (χ0) is 16.3. The quantitative estimate of drug-likeness (QED) is 0.875. The Morgan fingerprint density at radius 2 is 1.81 bits per heavy atom. The van der Waals surface area contributed by atoms with Gasteiger partial charge in [-0.05, 0) is 45.1 Å². The highest BCUT2D eigenvalue weighted by Gasteiger charge is 2.20. The van der Waals surface area contributed by atoms with E-state index in [1.165, 1.54) is 0 Å². The van der Waals surface area contributed by atoms with Gasteiger partial charge in [0.25, 0.3) is 0 Å². The van der Waals surface area contributed by atoms with E-state index in [4.69, 9.17) is 5.11 Å². The Hall–Kier alpha value is -1.65. The van der Waals surface area contributed by atoms with Crippen LogP contribution in [0.3, 0.4) is 0 Å². The van der Waals surface area contributed by atoms with Crippen LogP contribution in [0, 0.1) is 25.7 Å². The van der Waals surface area contributed by atoms with Crippen molar-refractivity contribution in [2.24, 2.45) is 11.8 Å². The Balaban J connectivity index is 3.28. The number of aliphatic carboxylic acids is 1. The normalized spacial score (nSPS) is 14.2. The van der Waals surface area contributed by atoms with E-state index < -0.39 is 11.9 Å². The molecule has 0 spiro atoms. The minimum atomic E-state index is -0.832. The SMILES string of the molecule is Cc1nc(=O)n(C(C)CC(C)C)c(C)c1CC(C)C(=O)O. The van der Waals surface area contributed by atoms with Gasteiger partial charge in [0, 0.05) is 17.4 Å². The van der Waals surface area contributed by atoms with E-state index in [9.17, 15) is 9.59 Å². The molecule has 21 heavy (non-hydrogen) atoms. The standard InChI is InChI=1S/C16H26N2O3/c1-9(2)7-11(4)18-13(6)14(8-10(3)15(19)20)12(5)17-16(18)21/h9-11H,7-8H2,1-6H3,(H,19,20). The van der Waals surface area contributed by atoms with E-state index in [1.54, 1.807) is 18.4 Å². The molecule has 5 heteroatoms. The molecule has 1 aromatic heterocycles. The maximum Gasteiger partial charge on any atom is 0.348 e. The fourth-order valence-electron chi connectivity index (χ4n) is 2.81. The summed E-state index contributed by atoms with van der Waals surface area (Å²) in [5, 5.41) is 9.09. The van der Waals surface area contributed by atoms with Gasteiger partial charge < -0.3 is 5.11 Å². The third kappa shape index (κ3) is 4.16. The maximum atomic E-state index is 12.2. The summed E-state index contributed by atoms with van der Waals surface area (Å²) in [4.78, 5) is 27.3. The number of hydrogen-bond acceptors (Lipinski definition) is 3. The molecule has 0 saturated heterocycles. The summed E-state index contributed by atoms with van der Waals surface area (Å²) < 4.78 is 1.71. The molecular weight excluding hydrogens is 268 g/mol. The number of rotatable bonds is 6. The van der Waals surface area contributed by atoms with Crippen molar-refractivity contribution < 1.29 is 9.90 Å². The minimum Gasteiger partial charge on any atom is -0.481 e. The number of hydrogen-bond donors (Lipinski definition) is 1. The van der Waals surface area contributed by atoms with Crippen LogP contribution in [0.4, 0.5) is 0 Å². The molecule has 0 aliphatic heterocycles. The molecule has 1 N–H and O–H groups in total. The van der Waals surface area contributed by atoms with Gasteiger partial charge in [-0.25, -0.2) is 4.79 Å². The van der Waals surface area contributed by atoms with Crippen LogP contribution < -0.4 is 5.69 Å². The second kappa shape index (κ2) is 6.87. The average Bonchev–Trinajstić information content (AvgIpc) is 2.32. The van der Waals surface area contributed by atoms with E-state index in [-0.39, 0.29) is 11.7 Å². The highest BCUT2D eigenvalue weighted by atomic mass is 16.4. The zero-order valence-corrected chi connectivity index (χ0v) is 13.8. The first-order valence-electron chi connectivity index (χ1n) is 7.46. The lowest BCUT2D eigenvalue weighted by Crippen LogP contribution is -2.31. The van der Waals surface area contributed by atoms with Crippen molar-refractivity contribution in [3.05, 3.63) is 27.4 Å². The van der Waals surface area contributed by atoms with Crippen molar-refractivity contribution in [3.63, 3.8) is 0 Å². The monoisotopic (exact) mass is 294 g/mol. The highest BCUT2D eigenvalue weighted by molar-refractivity contribution is 5.70. The zero-order valence-electron chi connectivity index (χ0n) is 13.8. The third-order valence-electron chi connectivity index (χ3n) is 3.89. The van der Waals surface area contributed by atoms with Crippen molar-refractivity contribution in [3.8, 4) is 0 Å². The molecule has 1 aromatic rings. The Morgan fingerprint density at radius 3 is 2.29 bits per heavy atom. The van der Waals surface area contributed by atoms with Gasteiger partial charge >= 0.3 is 11.7 Å². The number of carbonyl (C=O) groups is 1. The second-order valence-corrected chi connectivity index (χ2v) is 6.34. The first-order chi connectivity index (χ1) is 9.65. The minimum absolute atomic E-state index is 0.0597. The van der Waals surface area contributed by atoms with Gasteiger partial charge in [0.05, 0.1) is 5.92 Å². The van der Waals surface area contributed by atoms with E-state index in [0.717, 1.165) is 17.7 Å². The second-order valence-electron chi connectivity index (χ2n) is 6.34. The van der Waals surface area contributed by atoms with Crippen molar-refractivity contribution in [2.45, 2.75) is 60.4 Å². The Morgan fingerprint density at radius 1 is 1.24 bits per heavy atom. The topological polar surface area (TPSA) is 72.2 Å². The molecule has 2 atom stereocenters. The highest BCUT2D eigenvalue weighted by Crippen LogP contribution is 2.21. The lowest BCUT2D eigenvalue weighted by Gasteiger charge is -2.22. The summed E-state index contributed by atoms with van der Waals surface area (Å²) in [6.45, 7) is 11.6. The molecule has 0 bridgehead atoms. The number of aromatic nitrogens is 2. The lowest BCUT2D eigenvalue weighted by atomic mass is 9.98. The van der Waals surface area contributed by atoms with Crippen LogP contribution in [0.5, 0.6) is 0 Å². The van der Waals surface area contributed by atoms with Gasteiger partial charge in [-0.2, -0.15) is 4.98 Å². The van der Waals surface area contributed by atoms with Crippen LogP contribution in [0.15, 0.2) is 4.79 Å². The first-order valence-corrected chi connectivity index (χ1v) is 7.46. The smallest absolute Gasteiger partial charge is 0.348 e. The number of carboxylic acids is 1. The maximum absolute atomic E-state index is 12.2. The van der Waals surface area contributed by atoms with Crippen molar-refractivity contribution in [1.82, 2.24) is 9.55 Å². The summed E-state index contributed by atoms with van der Waals surface area (Å²) >= 11 is 0. The van der Waals surface area contributed by atoms with Crippen LogP contribution in [0.1, 0.15) is 57.1 Å². The number of nitrogens with zero attached hydrogens (tertiary/aromatic N) is 2. The molecule has 0 aliphatic rings. The van der Waals surface area contributed by atoms with Crippen molar-refractivity contribution in [1.29, 1.82) is 0 Å². The van der Waals surface area contributed by atoms with E-state index in [1.807, 2.05) is 13.8 Å². The molecule has 0 radical (unpaired) electrons. The van der Waals surface area contributed by atoms with Crippen LogP contribution >= 0.6 is 0 Å². The average molecular weight is 294 g/mol. The summed E-state index contributed by atoms with van der Waals surface area (Å²) in [6.07, 6.45) is 1.29. The van der Waals surface area contributed by atoms with Gasteiger partial charge in [0.1, 0.15) is 0 Å². The van der Waals surface area contributed by atoms with Gasteiger partial charge in [-0.15, -0.1) is 0 Å². The molecule has 0 aliphatic carbocycles. The number of carboxylic acid groups (broad SMARTS) is 1. The Bertz CT molecular complexity index is 576. The van der Waals surface area contributed by atoms with Crippen LogP contribution in [0.25, 0.3) is 0 Å². The summed E-state index contributed by atoms with van der Waals surface area (Å²) in [6, 6.07) is 0.0597. The summed E-state index contributed by atoms with van der Waals surface area (Å²) in [5.41, 5.74) is 2.11. The van der Waals surface area contributed by atoms with Gasteiger partial charge in [0.15, 0.2) is 0 Å².